The molecule has 0 saturated carbocycles. The largest absolute Gasteiger partial charge is 0.480 e. The number of carbonyl (C=O) groups is 1. The number of carbonyl (C=O) groups excluding carboxylic acids is 1. The van der Waals surface area contributed by atoms with Crippen LogP contribution in [0.1, 0.15) is 58.6 Å². The summed E-state index contributed by atoms with van der Waals surface area (Å²) in [6.07, 6.45) is 3.14. The summed E-state index contributed by atoms with van der Waals surface area (Å²) in [5, 5.41) is 3.00. The average Bonchev–Trinajstić information content (AvgIpc) is 3.23. The summed E-state index contributed by atoms with van der Waals surface area (Å²) in [5.41, 5.74) is 5.64. The Labute approximate surface area is 208 Å². The second kappa shape index (κ2) is 11.0. The lowest BCUT2D eigenvalue weighted by Gasteiger charge is -2.34. The number of H-pyrrole nitrogens is 1. The van der Waals surface area contributed by atoms with Gasteiger partial charge >= 0.3 is 6.09 Å². The molecule has 3 heterocycles. The van der Waals surface area contributed by atoms with E-state index in [1.54, 1.807) is 13.3 Å². The molecule has 0 bridgehead atoms. The fraction of sp³-hybridized carbons (Fsp3) is 0.519. The van der Waals surface area contributed by atoms with E-state index in [1.807, 2.05) is 47.6 Å². The van der Waals surface area contributed by atoms with Crippen LogP contribution in [0.15, 0.2) is 24.4 Å². The number of anilines is 1. The molecule has 4 rings (SSSR count). The number of nitrogens with one attached hydrogen (secondary N) is 2. The van der Waals surface area contributed by atoms with Gasteiger partial charge in [-0.2, -0.15) is 0 Å². The van der Waals surface area contributed by atoms with Crippen molar-refractivity contribution in [2.75, 3.05) is 25.1 Å². The molecular formula is C27H39N5O3. The molecule has 0 aliphatic carbocycles. The number of aromatic nitrogens is 3. The van der Waals surface area contributed by atoms with Gasteiger partial charge in [0.25, 0.3) is 0 Å². The number of hydrogen-bond donors (Lipinski definition) is 2. The van der Waals surface area contributed by atoms with Gasteiger partial charge in [0.1, 0.15) is 11.4 Å². The minimum absolute atomic E-state index is 0.126. The van der Waals surface area contributed by atoms with Crippen LogP contribution in [0.4, 0.5) is 10.5 Å². The molecule has 1 aromatic carbocycles. The third-order valence-electron chi connectivity index (χ3n) is 5.90. The van der Waals surface area contributed by atoms with Gasteiger partial charge in [0, 0.05) is 31.0 Å². The molecule has 1 aliphatic heterocycles. The van der Waals surface area contributed by atoms with E-state index >= 15 is 0 Å². The highest BCUT2D eigenvalue weighted by molar-refractivity contribution is 5.87. The van der Waals surface area contributed by atoms with E-state index in [4.69, 9.17) is 14.5 Å². The molecule has 1 amide bonds. The number of aromatic amines is 1. The molecule has 8 nitrogen and oxygen atoms in total. The smallest absolute Gasteiger partial charge is 0.407 e. The lowest BCUT2D eigenvalue weighted by molar-refractivity contribution is 0.0497. The van der Waals surface area contributed by atoms with Crippen molar-refractivity contribution in [2.24, 2.45) is 0 Å². The van der Waals surface area contributed by atoms with E-state index in [1.165, 1.54) is 0 Å². The Bertz CT molecular complexity index is 1160. The number of amides is 1. The number of ether oxygens (including phenoxy) is 2. The Morgan fingerprint density at radius 3 is 2.46 bits per heavy atom. The lowest BCUT2D eigenvalue weighted by atomic mass is 10.0. The van der Waals surface area contributed by atoms with E-state index < -0.39 is 5.60 Å². The second-order valence-electron chi connectivity index (χ2n) is 9.66. The summed E-state index contributed by atoms with van der Waals surface area (Å²) in [6, 6.07) is 6.42. The van der Waals surface area contributed by atoms with Crippen molar-refractivity contribution in [3.63, 3.8) is 0 Å². The number of rotatable bonds is 4. The number of methoxy groups -OCH3 is 1. The summed E-state index contributed by atoms with van der Waals surface area (Å²) in [4.78, 5) is 27.1. The van der Waals surface area contributed by atoms with Gasteiger partial charge in [-0.1, -0.05) is 13.8 Å². The predicted molar refractivity (Wildman–Crippen MR) is 141 cm³/mol. The zero-order valence-electron chi connectivity index (χ0n) is 22.3. The molecule has 190 valence electrons. The van der Waals surface area contributed by atoms with Gasteiger partial charge in [0.2, 0.25) is 5.88 Å². The van der Waals surface area contributed by atoms with Gasteiger partial charge in [-0.15, -0.1) is 0 Å². The Morgan fingerprint density at radius 2 is 1.83 bits per heavy atom. The van der Waals surface area contributed by atoms with Gasteiger partial charge in [-0.05, 0) is 76.8 Å². The van der Waals surface area contributed by atoms with Crippen LogP contribution in [0.25, 0.3) is 22.4 Å². The molecule has 2 aromatic heterocycles. The first-order chi connectivity index (χ1) is 16.6. The van der Waals surface area contributed by atoms with E-state index in [-0.39, 0.29) is 12.1 Å². The Morgan fingerprint density at radius 1 is 1.14 bits per heavy atom. The fourth-order valence-corrected chi connectivity index (χ4v) is 4.30. The topological polar surface area (TPSA) is 92.4 Å². The number of fused-ring (bicyclic) bond motifs is 1. The van der Waals surface area contributed by atoms with Crippen LogP contribution in [0.5, 0.6) is 5.88 Å². The number of pyridine rings is 1. The Balaban J connectivity index is 0.00000167. The van der Waals surface area contributed by atoms with Crippen LogP contribution < -0.4 is 15.0 Å². The molecule has 0 radical (unpaired) electrons. The number of nitrogens with zero attached hydrogens (tertiary/aromatic N) is 3. The van der Waals surface area contributed by atoms with Crippen LogP contribution in [0.2, 0.25) is 0 Å². The third kappa shape index (κ3) is 6.24. The molecule has 0 spiro atoms. The maximum absolute atomic E-state index is 12.1. The Kier molecular flexibility index (Phi) is 8.25. The number of piperidine rings is 1. The highest BCUT2D eigenvalue weighted by Gasteiger charge is 2.24. The number of imidazole rings is 1. The van der Waals surface area contributed by atoms with E-state index in [9.17, 15) is 4.79 Å². The number of benzene rings is 1. The molecule has 0 unspecified atom stereocenters. The summed E-state index contributed by atoms with van der Waals surface area (Å²) in [7, 11) is 1.62. The third-order valence-corrected chi connectivity index (χ3v) is 5.90. The van der Waals surface area contributed by atoms with Crippen LogP contribution in [0, 0.1) is 13.8 Å². The van der Waals surface area contributed by atoms with Gasteiger partial charge in [-0.3, -0.25) is 0 Å². The van der Waals surface area contributed by atoms with Crippen LogP contribution >= 0.6 is 0 Å². The molecule has 0 atom stereocenters. The fourth-order valence-electron chi connectivity index (χ4n) is 4.30. The predicted octanol–water partition coefficient (Wildman–Crippen LogP) is 5.77. The van der Waals surface area contributed by atoms with Gasteiger partial charge in [0.05, 0.1) is 23.7 Å². The van der Waals surface area contributed by atoms with Crippen molar-refractivity contribution >= 4 is 22.8 Å². The summed E-state index contributed by atoms with van der Waals surface area (Å²) >= 11 is 0. The van der Waals surface area contributed by atoms with Gasteiger partial charge < -0.3 is 24.7 Å². The van der Waals surface area contributed by atoms with Crippen molar-refractivity contribution < 1.29 is 14.3 Å². The number of aryl methyl sites for hydroxylation is 2. The lowest BCUT2D eigenvalue weighted by Crippen LogP contribution is -2.46. The van der Waals surface area contributed by atoms with Crippen molar-refractivity contribution in [1.82, 2.24) is 20.3 Å². The molecule has 1 saturated heterocycles. The average molecular weight is 482 g/mol. The maximum atomic E-state index is 12.1. The first kappa shape index (κ1) is 26.3. The first-order valence-electron chi connectivity index (χ1n) is 12.4. The zero-order chi connectivity index (χ0) is 25.8. The standard InChI is InChI=1S/C25H33N5O3.C2H6/c1-15-7-10-26-23(32-6)20(15)22-28-19-14-18(13-16(2)21(19)29-22)30-11-8-17(9-12-30)27-24(31)33-25(3,4)5;1-2/h7,10,13-14,17H,8-9,11-12H2,1-6H3,(H,27,31)(H,28,29);1-2H3. The van der Waals surface area contributed by atoms with Crippen molar-refractivity contribution in [3.05, 3.63) is 35.5 Å². The molecule has 1 fully saturated rings. The highest BCUT2D eigenvalue weighted by atomic mass is 16.6. The van der Waals surface area contributed by atoms with Crippen LogP contribution in [-0.2, 0) is 4.74 Å². The minimum Gasteiger partial charge on any atom is -0.480 e. The number of hydrogen-bond acceptors (Lipinski definition) is 6. The molecule has 35 heavy (non-hydrogen) atoms. The van der Waals surface area contributed by atoms with Gasteiger partial charge in [0.15, 0.2) is 0 Å². The molecular weight excluding hydrogens is 442 g/mol. The molecule has 8 heteroatoms. The monoisotopic (exact) mass is 481 g/mol. The van der Waals surface area contributed by atoms with Crippen molar-refractivity contribution in [3.8, 4) is 17.3 Å². The zero-order valence-corrected chi connectivity index (χ0v) is 22.3. The molecule has 1 aliphatic rings. The highest BCUT2D eigenvalue weighted by Crippen LogP contribution is 2.33. The second-order valence-corrected chi connectivity index (χ2v) is 9.66. The first-order valence-corrected chi connectivity index (χ1v) is 12.4. The van der Waals surface area contributed by atoms with Gasteiger partial charge in [-0.25, -0.2) is 14.8 Å². The van der Waals surface area contributed by atoms with Crippen molar-refractivity contribution in [2.45, 2.75) is 73.0 Å². The maximum Gasteiger partial charge on any atom is 0.407 e. The van der Waals surface area contributed by atoms with E-state index in [0.717, 1.165) is 65.2 Å². The molecule has 2 N–H and O–H groups in total. The SMILES string of the molecule is CC.COc1nccc(C)c1-c1nc2c(C)cc(N3CCC(NC(=O)OC(C)(C)C)CC3)cc2[nH]1. The summed E-state index contributed by atoms with van der Waals surface area (Å²) in [5.74, 6) is 1.32. The van der Waals surface area contributed by atoms with Crippen molar-refractivity contribution in [1.29, 1.82) is 0 Å². The minimum atomic E-state index is -0.487. The summed E-state index contributed by atoms with van der Waals surface area (Å²) < 4.78 is 10.9. The van der Waals surface area contributed by atoms with E-state index in [2.05, 4.69) is 39.2 Å². The quantitative estimate of drug-likeness (QED) is 0.491. The summed E-state index contributed by atoms with van der Waals surface area (Å²) in [6.45, 7) is 15.5. The number of alkyl carbamates (subject to hydrolysis) is 1. The van der Waals surface area contributed by atoms with E-state index in [0.29, 0.717) is 5.88 Å². The Hall–Kier alpha value is -3.29. The normalized spacial score (nSPS) is 14.3. The van der Waals surface area contributed by atoms with Crippen LogP contribution in [0.3, 0.4) is 0 Å². The van der Waals surface area contributed by atoms with Crippen LogP contribution in [-0.4, -0.2) is 52.9 Å². The molecule has 3 aromatic rings.